The number of hydrogen-bond acceptors (Lipinski definition) is 7. The number of nitrogen functional groups attached to an aromatic ring is 1. The minimum Gasteiger partial charge on any atom is -0.383 e. The molecule has 0 aliphatic carbocycles. The number of fused-ring (bicyclic) bond motifs is 1. The minimum atomic E-state index is -0.0531. The fraction of sp³-hybridized carbons (Fsp3) is 0.333. The molecule has 0 spiro atoms. The smallest absolute Gasteiger partial charge is 0.200 e. The lowest BCUT2D eigenvalue weighted by molar-refractivity contribution is 0.632. The van der Waals surface area contributed by atoms with Crippen molar-refractivity contribution < 1.29 is 0 Å². The molecule has 3 N–H and O–H groups in total. The van der Waals surface area contributed by atoms with Crippen LogP contribution in [0.3, 0.4) is 0 Å². The molecule has 0 aliphatic heterocycles. The number of H-pyrrole nitrogens is 1. The molecule has 0 fully saturated rings. The molecule has 21 heavy (non-hydrogen) atoms. The van der Waals surface area contributed by atoms with Gasteiger partial charge in [-0.05, 0) is 18.6 Å². The van der Waals surface area contributed by atoms with Gasteiger partial charge in [0.15, 0.2) is 21.3 Å². The van der Waals surface area contributed by atoms with Gasteiger partial charge in [-0.25, -0.2) is 9.97 Å². The Balaban J connectivity index is 2.33. The summed E-state index contributed by atoms with van der Waals surface area (Å²) in [6, 6.07) is 0. The number of nitrogens with zero attached hydrogens (tertiary/aromatic N) is 4. The number of thiol groups is 1. The number of rotatable bonds is 4. The molecule has 1 unspecified atom stereocenters. The van der Waals surface area contributed by atoms with Crippen LogP contribution in [-0.4, -0.2) is 24.5 Å². The molecule has 3 aromatic heterocycles. The van der Waals surface area contributed by atoms with Crippen molar-refractivity contribution >= 4 is 53.2 Å². The van der Waals surface area contributed by atoms with Crippen molar-refractivity contribution in [1.29, 1.82) is 0 Å². The first-order valence-corrected chi connectivity index (χ1v) is 8.28. The van der Waals surface area contributed by atoms with Crippen molar-refractivity contribution in [1.82, 2.24) is 24.5 Å². The summed E-state index contributed by atoms with van der Waals surface area (Å²) in [4.78, 5) is 16.1. The Labute approximate surface area is 135 Å². The van der Waals surface area contributed by atoms with Gasteiger partial charge in [0.25, 0.3) is 0 Å². The second-order valence-corrected chi connectivity index (χ2v) is 6.42. The van der Waals surface area contributed by atoms with E-state index in [2.05, 4.69) is 39.5 Å². The Hall–Kier alpha value is -1.45. The average molecular weight is 338 g/mol. The first kappa shape index (κ1) is 14.5. The van der Waals surface area contributed by atoms with Gasteiger partial charge in [0.05, 0.1) is 5.37 Å². The van der Waals surface area contributed by atoms with Crippen molar-refractivity contribution in [3.8, 4) is 10.8 Å². The second-order valence-electron chi connectivity index (χ2n) is 4.54. The zero-order chi connectivity index (χ0) is 15.0. The van der Waals surface area contributed by atoms with E-state index in [-0.39, 0.29) is 5.37 Å². The van der Waals surface area contributed by atoms with Crippen molar-refractivity contribution in [3.05, 3.63) is 16.3 Å². The van der Waals surface area contributed by atoms with Gasteiger partial charge in [-0.2, -0.15) is 17.6 Å². The van der Waals surface area contributed by atoms with E-state index in [9.17, 15) is 0 Å². The Morgan fingerprint density at radius 1 is 1.52 bits per heavy atom. The maximum absolute atomic E-state index is 5.99. The number of anilines is 1. The third kappa shape index (κ3) is 2.56. The van der Waals surface area contributed by atoms with E-state index in [4.69, 9.17) is 18.0 Å². The van der Waals surface area contributed by atoms with Gasteiger partial charge in [0.1, 0.15) is 11.3 Å². The van der Waals surface area contributed by atoms with Crippen molar-refractivity contribution in [3.63, 3.8) is 0 Å². The van der Waals surface area contributed by atoms with Gasteiger partial charge < -0.3 is 10.7 Å². The molecule has 9 heteroatoms. The predicted molar refractivity (Wildman–Crippen MR) is 91.2 cm³/mol. The van der Waals surface area contributed by atoms with Gasteiger partial charge in [-0.15, -0.1) is 11.3 Å². The van der Waals surface area contributed by atoms with Gasteiger partial charge in [-0.3, -0.25) is 4.57 Å². The highest BCUT2D eigenvalue weighted by atomic mass is 32.1. The van der Waals surface area contributed by atoms with Crippen LogP contribution in [0.1, 0.15) is 25.1 Å². The Bertz CT molecular complexity index is 819. The highest BCUT2D eigenvalue weighted by Gasteiger charge is 2.21. The van der Waals surface area contributed by atoms with Crippen LogP contribution in [0.5, 0.6) is 0 Å². The summed E-state index contributed by atoms with van der Waals surface area (Å²) < 4.78 is 2.30. The van der Waals surface area contributed by atoms with Crippen LogP contribution in [-0.2, 0) is 0 Å². The van der Waals surface area contributed by atoms with Gasteiger partial charge >= 0.3 is 0 Å². The third-order valence-electron chi connectivity index (χ3n) is 3.06. The highest BCUT2D eigenvalue weighted by Crippen LogP contribution is 2.33. The van der Waals surface area contributed by atoms with E-state index in [1.807, 2.05) is 9.95 Å². The lowest BCUT2D eigenvalue weighted by atomic mass is 10.3. The van der Waals surface area contributed by atoms with E-state index in [1.54, 1.807) is 6.20 Å². The molecule has 0 amide bonds. The third-order valence-corrected chi connectivity index (χ3v) is 4.51. The number of nitrogens with two attached hydrogens (primary N) is 1. The number of aromatic nitrogens is 5. The number of thiazole rings is 1. The minimum absolute atomic E-state index is 0.0531. The molecule has 0 aliphatic rings. The molecule has 3 rings (SSSR count). The van der Waals surface area contributed by atoms with Crippen molar-refractivity contribution in [2.24, 2.45) is 0 Å². The molecule has 0 saturated heterocycles. The van der Waals surface area contributed by atoms with E-state index >= 15 is 0 Å². The average Bonchev–Trinajstić information content (AvgIpc) is 3.04. The van der Waals surface area contributed by atoms with Crippen LogP contribution in [0, 0.1) is 4.77 Å². The van der Waals surface area contributed by atoms with Crippen LogP contribution in [0.25, 0.3) is 22.0 Å². The maximum atomic E-state index is 5.99. The lowest BCUT2D eigenvalue weighted by Gasteiger charge is -2.14. The van der Waals surface area contributed by atoms with E-state index in [0.717, 1.165) is 23.7 Å². The summed E-state index contributed by atoms with van der Waals surface area (Å²) in [5.41, 5.74) is 7.24. The zero-order valence-electron chi connectivity index (χ0n) is 11.3. The molecule has 0 bridgehead atoms. The largest absolute Gasteiger partial charge is 0.383 e. The number of nitrogens with one attached hydrogen (secondary N) is 1. The Morgan fingerprint density at radius 3 is 3.00 bits per heavy atom. The van der Waals surface area contributed by atoms with Crippen LogP contribution in [0.4, 0.5) is 5.82 Å². The fourth-order valence-electron chi connectivity index (χ4n) is 2.16. The molecule has 110 valence electrons. The predicted octanol–water partition coefficient (Wildman–Crippen LogP) is 3.42. The summed E-state index contributed by atoms with van der Waals surface area (Å²) in [5, 5.41) is 2.67. The summed E-state index contributed by atoms with van der Waals surface area (Å²) in [6.45, 7) is 2.11. The van der Waals surface area contributed by atoms with Crippen LogP contribution in [0.15, 0.2) is 11.6 Å². The number of imidazole rings is 1. The van der Waals surface area contributed by atoms with E-state index in [0.29, 0.717) is 21.8 Å². The topological polar surface area (TPSA) is 85.4 Å². The Kier molecular flexibility index (Phi) is 3.96. The van der Waals surface area contributed by atoms with Crippen molar-refractivity contribution in [2.75, 3.05) is 5.73 Å². The monoisotopic (exact) mass is 338 g/mol. The first-order chi connectivity index (χ1) is 10.1. The number of hydrogen-bond donors (Lipinski definition) is 3. The standard InChI is InChI=1S/C12H14N6S3/c1-2-3-6(19)18-9-7(8(13)16-12(20)17-9)15-10(18)11-14-4-5-21-11/h4-6,19H,2-3H2,1H3,(H3,13,16,17,20). The van der Waals surface area contributed by atoms with Crippen molar-refractivity contribution in [2.45, 2.75) is 25.1 Å². The molecular formula is C12H14N6S3. The van der Waals surface area contributed by atoms with Gasteiger partial charge in [-0.1, -0.05) is 13.3 Å². The zero-order valence-corrected chi connectivity index (χ0v) is 13.8. The molecule has 0 radical (unpaired) electrons. The maximum Gasteiger partial charge on any atom is 0.200 e. The van der Waals surface area contributed by atoms with Gasteiger partial charge in [0.2, 0.25) is 0 Å². The lowest BCUT2D eigenvalue weighted by Crippen LogP contribution is -2.06. The molecule has 3 aromatic rings. The molecule has 0 aromatic carbocycles. The van der Waals surface area contributed by atoms with Crippen LogP contribution < -0.4 is 5.73 Å². The summed E-state index contributed by atoms with van der Waals surface area (Å²) in [6.07, 6.45) is 3.64. The highest BCUT2D eigenvalue weighted by molar-refractivity contribution is 7.80. The SMILES string of the molecule is CCCC(S)n1c(-c2nccs2)nc2c(N)[nH]c(=S)nc21. The molecule has 3 heterocycles. The second kappa shape index (κ2) is 5.74. The molecule has 1 atom stereocenters. The fourth-order valence-corrected chi connectivity index (χ4v) is 3.46. The van der Waals surface area contributed by atoms with Crippen LogP contribution in [0.2, 0.25) is 0 Å². The number of aromatic amines is 1. The van der Waals surface area contributed by atoms with Gasteiger partial charge in [0, 0.05) is 11.6 Å². The summed E-state index contributed by atoms with van der Waals surface area (Å²) in [7, 11) is 0. The van der Waals surface area contributed by atoms with Crippen LogP contribution >= 0.6 is 36.2 Å². The van der Waals surface area contributed by atoms with E-state index < -0.39 is 0 Å². The van der Waals surface area contributed by atoms with E-state index in [1.165, 1.54) is 11.3 Å². The molecular weight excluding hydrogens is 324 g/mol. The normalized spacial score (nSPS) is 12.9. The quantitative estimate of drug-likeness (QED) is 0.501. The molecule has 6 nitrogen and oxygen atoms in total. The molecule has 0 saturated carbocycles. The first-order valence-electron chi connectivity index (χ1n) is 6.47. The summed E-state index contributed by atoms with van der Waals surface area (Å²) >= 11 is 11.3. The Morgan fingerprint density at radius 2 is 2.33 bits per heavy atom. The summed E-state index contributed by atoms with van der Waals surface area (Å²) in [5.74, 6) is 1.14.